The highest BCUT2D eigenvalue weighted by Gasteiger charge is 2.18. The normalized spacial score (nSPS) is 10.9. The fourth-order valence-electron chi connectivity index (χ4n) is 2.92. The van der Waals surface area contributed by atoms with Gasteiger partial charge in [0.25, 0.3) is 0 Å². The quantitative estimate of drug-likeness (QED) is 0.345. The highest BCUT2D eigenvalue weighted by atomic mass is 79.9. The number of thiophene rings is 1. The minimum atomic E-state index is -1.12. The smallest absolute Gasteiger partial charge is 0.339 e. The second kappa shape index (κ2) is 7.98. The number of anilines is 2. The molecule has 0 amide bonds. The maximum Gasteiger partial charge on any atom is 0.339 e. The summed E-state index contributed by atoms with van der Waals surface area (Å²) >= 11 is 11.3. The standard InChI is InChI=1S/C20H13BrClN3O3S/c1-28-16-7-15(14(22)6-12(16)20(26)27)25-18-17-13(8-29-19(17)24-9-23-18)10-2-4-11(21)5-3-10/h2-9H,1H3,(H,26,27)(H,23,24,25). The number of halogens is 2. The van der Waals surface area contributed by atoms with Crippen molar-refractivity contribution in [1.82, 2.24) is 9.97 Å². The number of rotatable bonds is 5. The Balaban J connectivity index is 1.82. The molecule has 6 nitrogen and oxygen atoms in total. The summed E-state index contributed by atoms with van der Waals surface area (Å²) < 4.78 is 6.20. The fraction of sp³-hybridized carbons (Fsp3) is 0.0500. The molecule has 2 aromatic carbocycles. The van der Waals surface area contributed by atoms with E-state index in [1.165, 1.54) is 30.8 Å². The molecule has 2 heterocycles. The van der Waals surface area contributed by atoms with Crippen LogP contribution in [-0.4, -0.2) is 28.2 Å². The minimum absolute atomic E-state index is 0.0121. The Hall–Kier alpha value is -2.68. The number of carboxylic acid groups (broad SMARTS) is 1. The molecule has 4 aromatic rings. The van der Waals surface area contributed by atoms with Gasteiger partial charge in [-0.05, 0) is 23.8 Å². The molecule has 146 valence electrons. The van der Waals surface area contributed by atoms with Crippen molar-refractivity contribution in [1.29, 1.82) is 0 Å². The molecule has 0 spiro atoms. The van der Waals surface area contributed by atoms with E-state index in [0.717, 1.165) is 25.8 Å². The first-order valence-corrected chi connectivity index (χ1v) is 10.4. The summed E-state index contributed by atoms with van der Waals surface area (Å²) in [6.07, 6.45) is 1.48. The van der Waals surface area contributed by atoms with Crippen LogP contribution in [0.5, 0.6) is 5.75 Å². The van der Waals surface area contributed by atoms with Crippen LogP contribution in [0.4, 0.5) is 11.5 Å². The van der Waals surface area contributed by atoms with Crippen LogP contribution in [0.25, 0.3) is 21.3 Å². The molecule has 29 heavy (non-hydrogen) atoms. The highest BCUT2D eigenvalue weighted by Crippen LogP contribution is 2.39. The second-order valence-corrected chi connectivity index (χ2v) is 8.20. The first kappa shape index (κ1) is 19.6. The number of ether oxygens (including phenoxy) is 1. The molecule has 2 aromatic heterocycles. The topological polar surface area (TPSA) is 84.3 Å². The lowest BCUT2D eigenvalue weighted by molar-refractivity contribution is 0.0693. The largest absolute Gasteiger partial charge is 0.496 e. The molecule has 0 bridgehead atoms. The van der Waals surface area contributed by atoms with E-state index in [4.69, 9.17) is 16.3 Å². The molecule has 0 aliphatic rings. The number of aromatic carboxylic acids is 1. The number of benzene rings is 2. The molecule has 0 fully saturated rings. The maximum atomic E-state index is 11.4. The molecule has 0 atom stereocenters. The molecule has 0 aliphatic heterocycles. The summed E-state index contributed by atoms with van der Waals surface area (Å²) in [7, 11) is 1.41. The Morgan fingerprint density at radius 2 is 2.00 bits per heavy atom. The van der Waals surface area contributed by atoms with Crippen molar-refractivity contribution < 1.29 is 14.6 Å². The highest BCUT2D eigenvalue weighted by molar-refractivity contribution is 9.10. The third-order valence-corrected chi connectivity index (χ3v) is 6.03. The molecule has 2 N–H and O–H groups in total. The van der Waals surface area contributed by atoms with E-state index in [1.807, 2.05) is 29.6 Å². The van der Waals surface area contributed by atoms with Gasteiger partial charge < -0.3 is 15.2 Å². The number of nitrogens with one attached hydrogen (secondary N) is 1. The maximum absolute atomic E-state index is 11.4. The molecule has 0 unspecified atom stereocenters. The van der Waals surface area contributed by atoms with Crippen molar-refractivity contribution in [3.05, 3.63) is 63.2 Å². The van der Waals surface area contributed by atoms with Gasteiger partial charge in [-0.1, -0.05) is 39.7 Å². The van der Waals surface area contributed by atoms with Crippen LogP contribution in [0.15, 0.2) is 52.6 Å². The van der Waals surface area contributed by atoms with Crippen LogP contribution in [0.3, 0.4) is 0 Å². The molecule has 9 heteroatoms. The summed E-state index contributed by atoms with van der Waals surface area (Å²) in [5.74, 6) is -0.343. The van der Waals surface area contributed by atoms with Crippen LogP contribution in [0, 0.1) is 0 Å². The van der Waals surface area contributed by atoms with Crippen LogP contribution in [0.1, 0.15) is 10.4 Å². The van der Waals surface area contributed by atoms with Gasteiger partial charge in [-0.15, -0.1) is 11.3 Å². The SMILES string of the molecule is COc1cc(Nc2ncnc3scc(-c4ccc(Br)cc4)c23)c(Cl)cc1C(=O)O. The number of fused-ring (bicyclic) bond motifs is 1. The Morgan fingerprint density at radius 1 is 1.24 bits per heavy atom. The first-order valence-electron chi connectivity index (χ1n) is 8.34. The summed E-state index contributed by atoms with van der Waals surface area (Å²) in [5, 5.41) is 15.7. The van der Waals surface area contributed by atoms with Crippen LogP contribution in [-0.2, 0) is 0 Å². The van der Waals surface area contributed by atoms with Gasteiger partial charge in [0.1, 0.15) is 28.3 Å². The van der Waals surface area contributed by atoms with E-state index < -0.39 is 5.97 Å². The van der Waals surface area contributed by atoms with Gasteiger partial charge >= 0.3 is 5.97 Å². The van der Waals surface area contributed by atoms with E-state index in [-0.39, 0.29) is 16.3 Å². The van der Waals surface area contributed by atoms with E-state index in [1.54, 1.807) is 6.07 Å². The van der Waals surface area contributed by atoms with E-state index in [0.29, 0.717) is 11.5 Å². The van der Waals surface area contributed by atoms with Gasteiger partial charge in [-0.3, -0.25) is 0 Å². The zero-order valence-corrected chi connectivity index (χ0v) is 18.1. The van der Waals surface area contributed by atoms with Gasteiger partial charge in [0.05, 0.1) is 23.2 Å². The molecular weight excluding hydrogens is 478 g/mol. The Kier molecular flexibility index (Phi) is 5.40. The predicted octanol–water partition coefficient (Wildman–Crippen LogP) is 6.22. The number of hydrogen-bond acceptors (Lipinski definition) is 6. The van der Waals surface area contributed by atoms with Gasteiger partial charge in [0.15, 0.2) is 0 Å². The number of aromatic nitrogens is 2. The van der Waals surface area contributed by atoms with Gasteiger partial charge in [0.2, 0.25) is 0 Å². The predicted molar refractivity (Wildman–Crippen MR) is 119 cm³/mol. The zero-order chi connectivity index (χ0) is 20.5. The van der Waals surface area contributed by atoms with E-state index in [9.17, 15) is 9.90 Å². The third-order valence-electron chi connectivity index (χ3n) is 4.30. The number of methoxy groups -OCH3 is 1. The number of carboxylic acids is 1. The molecule has 0 aliphatic carbocycles. The van der Waals surface area contributed by atoms with Gasteiger partial charge in [-0.2, -0.15) is 0 Å². The fourth-order valence-corrected chi connectivity index (χ4v) is 4.32. The average molecular weight is 491 g/mol. The Labute approximate surface area is 183 Å². The lowest BCUT2D eigenvalue weighted by Gasteiger charge is -2.13. The zero-order valence-electron chi connectivity index (χ0n) is 14.9. The Bertz CT molecular complexity index is 1230. The molecular formula is C20H13BrClN3O3S. The number of hydrogen-bond donors (Lipinski definition) is 2. The third kappa shape index (κ3) is 3.78. The number of carbonyl (C=O) groups is 1. The minimum Gasteiger partial charge on any atom is -0.496 e. The van der Waals surface area contributed by atoms with Crippen molar-refractivity contribution >= 4 is 66.6 Å². The monoisotopic (exact) mass is 489 g/mol. The lowest BCUT2D eigenvalue weighted by Crippen LogP contribution is -2.03. The molecule has 4 rings (SSSR count). The summed E-state index contributed by atoms with van der Waals surface area (Å²) in [6, 6.07) is 10.9. The van der Waals surface area contributed by atoms with Crippen molar-refractivity contribution in [3.8, 4) is 16.9 Å². The van der Waals surface area contributed by atoms with E-state index >= 15 is 0 Å². The van der Waals surface area contributed by atoms with Crippen molar-refractivity contribution in [2.45, 2.75) is 0 Å². The van der Waals surface area contributed by atoms with Crippen molar-refractivity contribution in [3.63, 3.8) is 0 Å². The molecule has 0 saturated carbocycles. The molecule has 0 radical (unpaired) electrons. The average Bonchev–Trinajstić information content (AvgIpc) is 3.15. The Morgan fingerprint density at radius 3 is 2.69 bits per heavy atom. The van der Waals surface area contributed by atoms with Gasteiger partial charge in [-0.25, -0.2) is 14.8 Å². The first-order chi connectivity index (χ1) is 14.0. The summed E-state index contributed by atoms with van der Waals surface area (Å²) in [4.78, 5) is 21.0. The van der Waals surface area contributed by atoms with E-state index in [2.05, 4.69) is 31.2 Å². The summed E-state index contributed by atoms with van der Waals surface area (Å²) in [6.45, 7) is 0. The second-order valence-electron chi connectivity index (χ2n) is 6.02. The molecule has 0 saturated heterocycles. The summed E-state index contributed by atoms with van der Waals surface area (Å²) in [5.41, 5.74) is 2.50. The van der Waals surface area contributed by atoms with Gasteiger partial charge in [0, 0.05) is 21.5 Å². The van der Waals surface area contributed by atoms with Crippen molar-refractivity contribution in [2.75, 3.05) is 12.4 Å². The van der Waals surface area contributed by atoms with Crippen LogP contribution in [0.2, 0.25) is 5.02 Å². The van der Waals surface area contributed by atoms with Crippen LogP contribution >= 0.6 is 38.9 Å². The lowest BCUT2D eigenvalue weighted by atomic mass is 10.1. The number of nitrogens with zero attached hydrogens (tertiary/aromatic N) is 2. The van der Waals surface area contributed by atoms with Crippen molar-refractivity contribution in [2.24, 2.45) is 0 Å². The van der Waals surface area contributed by atoms with Crippen LogP contribution < -0.4 is 10.1 Å².